The first kappa shape index (κ1) is 17.9. The fourth-order valence-electron chi connectivity index (χ4n) is 2.31. The van der Waals surface area contributed by atoms with E-state index in [-0.39, 0.29) is 18.2 Å². The Kier molecular flexibility index (Phi) is 6.22. The Morgan fingerprint density at radius 3 is 2.58 bits per heavy atom. The van der Waals surface area contributed by atoms with Crippen LogP contribution in [0.15, 0.2) is 71.6 Å². The van der Waals surface area contributed by atoms with Gasteiger partial charge in [0.2, 0.25) is 0 Å². The van der Waals surface area contributed by atoms with E-state index >= 15 is 0 Å². The lowest BCUT2D eigenvalue weighted by molar-refractivity contribution is -0.124. The van der Waals surface area contributed by atoms with Gasteiger partial charge in [0.1, 0.15) is 5.69 Å². The van der Waals surface area contributed by atoms with Gasteiger partial charge in [-0.2, -0.15) is 0 Å². The Labute approximate surface area is 155 Å². The number of nitrogens with zero attached hydrogens (tertiary/aromatic N) is 1. The van der Waals surface area contributed by atoms with Crippen LogP contribution >= 0.6 is 11.8 Å². The number of rotatable bonds is 7. The zero-order valence-electron chi connectivity index (χ0n) is 14.1. The van der Waals surface area contributed by atoms with Crippen LogP contribution < -0.4 is 5.32 Å². The molecule has 0 spiro atoms. The summed E-state index contributed by atoms with van der Waals surface area (Å²) >= 11 is 1.65. The molecule has 0 aliphatic rings. The fourth-order valence-corrected chi connectivity index (χ4v) is 3.10. The SMILES string of the molecule is O=C(COC(=O)c1ccc2ccccc2n1)NCCSc1ccccc1. The molecule has 132 valence electrons. The molecule has 3 rings (SSSR count). The summed E-state index contributed by atoms with van der Waals surface area (Å²) in [5.41, 5.74) is 0.903. The van der Waals surface area contributed by atoms with Crippen molar-refractivity contribution in [3.8, 4) is 0 Å². The molecule has 0 aliphatic carbocycles. The molecule has 0 aliphatic heterocycles. The highest BCUT2D eigenvalue weighted by Crippen LogP contribution is 2.15. The molecule has 5 nitrogen and oxygen atoms in total. The van der Waals surface area contributed by atoms with Crippen LogP contribution in [0, 0.1) is 0 Å². The van der Waals surface area contributed by atoms with Gasteiger partial charge in [0.15, 0.2) is 6.61 Å². The number of carbonyl (C=O) groups excluding carboxylic acids is 2. The van der Waals surface area contributed by atoms with Crippen molar-refractivity contribution >= 4 is 34.5 Å². The molecule has 0 bridgehead atoms. The lowest BCUT2D eigenvalue weighted by atomic mass is 10.2. The standard InChI is InChI=1S/C20H18N2O3S/c23-19(21-12-13-26-16-7-2-1-3-8-16)14-25-20(24)18-11-10-15-6-4-5-9-17(15)22-18/h1-11H,12-14H2,(H,21,23). The maximum Gasteiger partial charge on any atom is 0.357 e. The van der Waals surface area contributed by atoms with E-state index in [0.29, 0.717) is 12.1 Å². The van der Waals surface area contributed by atoms with Crippen molar-refractivity contribution in [1.82, 2.24) is 10.3 Å². The topological polar surface area (TPSA) is 68.3 Å². The van der Waals surface area contributed by atoms with Crippen LogP contribution in [0.25, 0.3) is 10.9 Å². The fraction of sp³-hybridized carbons (Fsp3) is 0.150. The molecular weight excluding hydrogens is 348 g/mol. The van der Waals surface area contributed by atoms with E-state index in [1.54, 1.807) is 23.9 Å². The average molecular weight is 366 g/mol. The smallest absolute Gasteiger partial charge is 0.357 e. The van der Waals surface area contributed by atoms with Crippen molar-refractivity contribution in [3.05, 3.63) is 72.4 Å². The number of hydrogen-bond acceptors (Lipinski definition) is 5. The van der Waals surface area contributed by atoms with Crippen molar-refractivity contribution in [2.24, 2.45) is 0 Å². The molecule has 3 aromatic rings. The first-order valence-electron chi connectivity index (χ1n) is 8.20. The molecule has 1 heterocycles. The average Bonchev–Trinajstić information content (AvgIpc) is 2.70. The molecule has 0 atom stereocenters. The maximum atomic E-state index is 12.0. The van der Waals surface area contributed by atoms with Crippen LogP contribution in [0.2, 0.25) is 0 Å². The van der Waals surface area contributed by atoms with Crippen LogP contribution in [-0.2, 0) is 9.53 Å². The van der Waals surface area contributed by atoms with Crippen LogP contribution in [-0.4, -0.2) is 35.8 Å². The Balaban J connectivity index is 1.41. The van der Waals surface area contributed by atoms with Crippen LogP contribution in [0.4, 0.5) is 0 Å². The Bertz CT molecular complexity index is 900. The van der Waals surface area contributed by atoms with Crippen LogP contribution in [0.1, 0.15) is 10.5 Å². The second-order valence-corrected chi connectivity index (χ2v) is 6.65. The second kappa shape index (κ2) is 9.01. The van der Waals surface area contributed by atoms with Crippen LogP contribution in [0.5, 0.6) is 0 Å². The van der Waals surface area contributed by atoms with Crippen molar-refractivity contribution in [1.29, 1.82) is 0 Å². The summed E-state index contributed by atoms with van der Waals surface area (Å²) in [4.78, 5) is 29.2. The molecule has 1 N–H and O–H groups in total. The molecule has 0 radical (unpaired) electrons. The minimum atomic E-state index is -0.607. The largest absolute Gasteiger partial charge is 0.451 e. The summed E-state index contributed by atoms with van der Waals surface area (Å²) in [5, 5.41) is 3.67. The van der Waals surface area contributed by atoms with Crippen molar-refractivity contribution < 1.29 is 14.3 Å². The highest BCUT2D eigenvalue weighted by molar-refractivity contribution is 7.99. The first-order valence-corrected chi connectivity index (χ1v) is 9.18. The Morgan fingerprint density at radius 1 is 0.962 bits per heavy atom. The second-order valence-electron chi connectivity index (χ2n) is 5.48. The van der Waals surface area contributed by atoms with Gasteiger partial charge < -0.3 is 10.1 Å². The van der Waals surface area contributed by atoms with Crippen molar-refractivity contribution in [3.63, 3.8) is 0 Å². The van der Waals surface area contributed by atoms with Gasteiger partial charge in [-0.15, -0.1) is 11.8 Å². The summed E-state index contributed by atoms with van der Waals surface area (Å²) in [6.45, 7) is 0.188. The minimum absolute atomic E-state index is 0.191. The van der Waals surface area contributed by atoms with Gasteiger partial charge >= 0.3 is 5.97 Å². The van der Waals surface area contributed by atoms with Gasteiger partial charge in [-0.1, -0.05) is 42.5 Å². The molecule has 6 heteroatoms. The number of carbonyl (C=O) groups is 2. The highest BCUT2D eigenvalue weighted by Gasteiger charge is 2.12. The molecule has 0 saturated heterocycles. The normalized spacial score (nSPS) is 10.5. The zero-order chi connectivity index (χ0) is 18.2. The predicted molar refractivity (Wildman–Crippen MR) is 102 cm³/mol. The number of benzene rings is 2. The molecule has 1 amide bonds. The van der Waals surface area contributed by atoms with Gasteiger partial charge in [0.25, 0.3) is 5.91 Å². The Morgan fingerprint density at radius 2 is 1.73 bits per heavy atom. The third-order valence-corrected chi connectivity index (χ3v) is 4.59. The van der Waals surface area contributed by atoms with E-state index in [1.165, 1.54) is 0 Å². The summed E-state index contributed by atoms with van der Waals surface area (Å²) in [6, 6.07) is 20.8. The maximum absolute atomic E-state index is 12.0. The third kappa shape index (κ3) is 5.07. The number of esters is 1. The third-order valence-electron chi connectivity index (χ3n) is 3.58. The van der Waals surface area contributed by atoms with Crippen LogP contribution in [0.3, 0.4) is 0 Å². The number of hydrogen-bond donors (Lipinski definition) is 1. The minimum Gasteiger partial charge on any atom is -0.451 e. The monoisotopic (exact) mass is 366 g/mol. The van der Waals surface area contributed by atoms with E-state index < -0.39 is 5.97 Å². The molecule has 1 aromatic heterocycles. The quantitative estimate of drug-likeness (QED) is 0.395. The number of nitrogens with one attached hydrogen (secondary N) is 1. The van der Waals surface area contributed by atoms with E-state index in [9.17, 15) is 9.59 Å². The number of amides is 1. The summed E-state index contributed by atoms with van der Waals surface area (Å²) < 4.78 is 5.03. The van der Waals surface area contributed by atoms with E-state index in [2.05, 4.69) is 10.3 Å². The number of aromatic nitrogens is 1. The number of pyridine rings is 1. The molecule has 0 saturated carbocycles. The first-order chi connectivity index (χ1) is 12.7. The number of thioether (sulfide) groups is 1. The lowest BCUT2D eigenvalue weighted by Gasteiger charge is -2.07. The Hall–Kier alpha value is -2.86. The van der Waals surface area contributed by atoms with E-state index in [1.807, 2.05) is 54.6 Å². The van der Waals surface area contributed by atoms with Gasteiger partial charge in [-0.05, 0) is 24.3 Å². The molecule has 0 unspecified atom stereocenters. The summed E-state index contributed by atoms with van der Waals surface area (Å²) in [6.07, 6.45) is 0. The molecular formula is C20H18N2O3S. The number of para-hydroxylation sites is 1. The number of fused-ring (bicyclic) bond motifs is 1. The molecule has 0 fully saturated rings. The van der Waals surface area contributed by atoms with Crippen molar-refractivity contribution in [2.75, 3.05) is 18.9 Å². The molecule has 2 aromatic carbocycles. The van der Waals surface area contributed by atoms with Gasteiger partial charge in [0.05, 0.1) is 5.52 Å². The summed E-state index contributed by atoms with van der Waals surface area (Å²) in [5.74, 6) is -0.187. The van der Waals surface area contributed by atoms with E-state index in [0.717, 1.165) is 16.0 Å². The predicted octanol–water partition coefficient (Wildman–Crippen LogP) is 3.30. The van der Waals surface area contributed by atoms with E-state index in [4.69, 9.17) is 4.74 Å². The molecule has 26 heavy (non-hydrogen) atoms. The number of ether oxygens (including phenoxy) is 1. The zero-order valence-corrected chi connectivity index (χ0v) is 14.9. The van der Waals surface area contributed by atoms with Crippen molar-refractivity contribution in [2.45, 2.75) is 4.90 Å². The van der Waals surface area contributed by atoms with Gasteiger partial charge in [0, 0.05) is 22.6 Å². The summed E-state index contributed by atoms with van der Waals surface area (Å²) in [7, 11) is 0. The van der Waals surface area contributed by atoms with Gasteiger partial charge in [-0.3, -0.25) is 4.79 Å². The lowest BCUT2D eigenvalue weighted by Crippen LogP contribution is -2.30. The highest BCUT2D eigenvalue weighted by atomic mass is 32.2. The van der Waals surface area contributed by atoms with Gasteiger partial charge in [-0.25, -0.2) is 9.78 Å².